The van der Waals surface area contributed by atoms with Crippen LogP contribution in [-0.4, -0.2) is 31.2 Å². The number of piperidine rings is 1. The minimum Gasteiger partial charge on any atom is -0.469 e. The Morgan fingerprint density at radius 2 is 2.44 bits per heavy atom. The number of ether oxygens (including phenoxy) is 1. The third-order valence-electron chi connectivity index (χ3n) is 3.04. The smallest absolute Gasteiger partial charge is 0.310 e. The van der Waals surface area contributed by atoms with Gasteiger partial charge in [0, 0.05) is 23.8 Å². The van der Waals surface area contributed by atoms with Crippen LogP contribution in [0.15, 0.2) is 16.7 Å². The van der Waals surface area contributed by atoms with E-state index >= 15 is 0 Å². The maximum atomic E-state index is 13.8. The van der Waals surface area contributed by atoms with E-state index in [4.69, 9.17) is 4.74 Å². The van der Waals surface area contributed by atoms with Gasteiger partial charge in [-0.25, -0.2) is 9.37 Å². The molecule has 0 aliphatic carbocycles. The second-order valence-corrected chi connectivity index (χ2v) is 5.18. The van der Waals surface area contributed by atoms with E-state index in [1.165, 1.54) is 13.2 Å². The zero-order chi connectivity index (χ0) is 13.1. The number of carbonyl (C=O) groups is 1. The largest absolute Gasteiger partial charge is 0.469 e. The highest BCUT2D eigenvalue weighted by Gasteiger charge is 2.28. The van der Waals surface area contributed by atoms with Gasteiger partial charge in [-0.3, -0.25) is 4.79 Å². The van der Waals surface area contributed by atoms with Crippen molar-refractivity contribution in [1.29, 1.82) is 0 Å². The number of pyridine rings is 1. The van der Waals surface area contributed by atoms with Crippen LogP contribution in [-0.2, 0) is 9.53 Å². The highest BCUT2D eigenvalue weighted by atomic mass is 79.9. The highest BCUT2D eigenvalue weighted by molar-refractivity contribution is 9.10. The van der Waals surface area contributed by atoms with Crippen LogP contribution < -0.4 is 4.90 Å². The van der Waals surface area contributed by atoms with E-state index < -0.39 is 0 Å². The molecule has 0 bridgehead atoms. The maximum Gasteiger partial charge on any atom is 0.310 e. The average molecular weight is 317 g/mol. The van der Waals surface area contributed by atoms with Gasteiger partial charge in [0.25, 0.3) is 0 Å². The molecule has 1 fully saturated rings. The number of methoxy groups -OCH3 is 1. The molecule has 2 rings (SSSR count). The number of carbonyl (C=O) groups excluding carboxylic acids is 1. The number of nitrogens with zero attached hydrogens (tertiary/aromatic N) is 2. The first-order chi connectivity index (χ1) is 8.61. The number of hydrogen-bond donors (Lipinski definition) is 0. The van der Waals surface area contributed by atoms with Gasteiger partial charge < -0.3 is 9.64 Å². The molecule has 1 unspecified atom stereocenters. The molecule has 2 heterocycles. The summed E-state index contributed by atoms with van der Waals surface area (Å²) in [4.78, 5) is 17.4. The fraction of sp³-hybridized carbons (Fsp3) is 0.500. The van der Waals surface area contributed by atoms with Crippen molar-refractivity contribution in [3.63, 3.8) is 0 Å². The van der Waals surface area contributed by atoms with Crippen LogP contribution >= 0.6 is 15.9 Å². The summed E-state index contributed by atoms with van der Waals surface area (Å²) in [5.74, 6) is -0.521. The van der Waals surface area contributed by atoms with E-state index in [1.807, 2.05) is 0 Å². The lowest BCUT2D eigenvalue weighted by atomic mass is 9.98. The van der Waals surface area contributed by atoms with Crippen LogP contribution in [0.1, 0.15) is 12.8 Å². The van der Waals surface area contributed by atoms with Crippen molar-refractivity contribution in [3.05, 3.63) is 22.6 Å². The SMILES string of the molecule is COC(=O)C1CCCN(c2ncc(Br)cc2F)C1. The standard InChI is InChI=1S/C12H14BrFN2O2/c1-18-12(17)8-3-2-4-16(7-8)11-10(14)5-9(13)6-15-11/h5-6,8H,2-4,7H2,1H3. The summed E-state index contributed by atoms with van der Waals surface area (Å²) < 4.78 is 19.1. The minimum atomic E-state index is -0.380. The zero-order valence-electron chi connectivity index (χ0n) is 10.0. The van der Waals surface area contributed by atoms with Crippen LogP contribution in [0.4, 0.5) is 10.2 Å². The second-order valence-electron chi connectivity index (χ2n) is 4.27. The lowest BCUT2D eigenvalue weighted by Gasteiger charge is -2.32. The number of hydrogen-bond acceptors (Lipinski definition) is 4. The van der Waals surface area contributed by atoms with Gasteiger partial charge in [-0.2, -0.15) is 0 Å². The summed E-state index contributed by atoms with van der Waals surface area (Å²) in [6.45, 7) is 1.16. The first-order valence-electron chi connectivity index (χ1n) is 5.75. The van der Waals surface area contributed by atoms with Crippen molar-refractivity contribution in [2.45, 2.75) is 12.8 Å². The molecule has 6 heteroatoms. The summed E-state index contributed by atoms with van der Waals surface area (Å²) in [7, 11) is 1.37. The molecule has 1 aromatic heterocycles. The first kappa shape index (κ1) is 13.3. The number of aromatic nitrogens is 1. The van der Waals surface area contributed by atoms with E-state index in [9.17, 15) is 9.18 Å². The van der Waals surface area contributed by atoms with Gasteiger partial charge in [0.2, 0.25) is 0 Å². The van der Waals surface area contributed by atoms with Gasteiger partial charge in [-0.1, -0.05) is 0 Å². The molecule has 1 aliphatic heterocycles. The Morgan fingerprint density at radius 3 is 3.11 bits per heavy atom. The molecule has 0 spiro atoms. The monoisotopic (exact) mass is 316 g/mol. The zero-order valence-corrected chi connectivity index (χ0v) is 11.6. The van der Waals surface area contributed by atoms with Gasteiger partial charge in [-0.15, -0.1) is 0 Å². The molecule has 0 saturated carbocycles. The first-order valence-corrected chi connectivity index (χ1v) is 6.55. The van der Waals surface area contributed by atoms with Gasteiger partial charge in [0.15, 0.2) is 11.6 Å². The predicted octanol–water partition coefficient (Wildman–Crippen LogP) is 2.37. The topological polar surface area (TPSA) is 42.4 Å². The molecular formula is C12H14BrFN2O2. The third kappa shape index (κ3) is 2.80. The molecule has 18 heavy (non-hydrogen) atoms. The van der Waals surface area contributed by atoms with E-state index in [-0.39, 0.29) is 17.7 Å². The summed E-state index contributed by atoms with van der Waals surface area (Å²) in [6.07, 6.45) is 3.17. The third-order valence-corrected chi connectivity index (χ3v) is 3.48. The van der Waals surface area contributed by atoms with Crippen molar-refractivity contribution in [1.82, 2.24) is 4.98 Å². The van der Waals surface area contributed by atoms with E-state index in [0.717, 1.165) is 12.8 Å². The summed E-state index contributed by atoms with van der Waals surface area (Å²) >= 11 is 3.17. The molecule has 0 aromatic carbocycles. The molecule has 0 radical (unpaired) electrons. The second kappa shape index (κ2) is 5.65. The van der Waals surface area contributed by atoms with E-state index in [0.29, 0.717) is 23.4 Å². The van der Waals surface area contributed by atoms with Gasteiger partial charge in [0.05, 0.1) is 13.0 Å². The maximum absolute atomic E-state index is 13.8. The van der Waals surface area contributed by atoms with E-state index in [1.54, 1.807) is 11.1 Å². The molecule has 0 N–H and O–H groups in total. The van der Waals surface area contributed by atoms with Gasteiger partial charge >= 0.3 is 5.97 Å². The molecule has 1 aliphatic rings. The number of rotatable bonds is 2. The van der Waals surface area contributed by atoms with Crippen molar-refractivity contribution >= 4 is 27.7 Å². The van der Waals surface area contributed by atoms with Crippen molar-refractivity contribution in [2.24, 2.45) is 5.92 Å². The normalized spacial score (nSPS) is 19.7. The van der Waals surface area contributed by atoms with Crippen molar-refractivity contribution < 1.29 is 13.9 Å². The fourth-order valence-electron chi connectivity index (χ4n) is 2.17. The quantitative estimate of drug-likeness (QED) is 0.786. The lowest BCUT2D eigenvalue weighted by Crippen LogP contribution is -2.40. The van der Waals surface area contributed by atoms with E-state index in [2.05, 4.69) is 20.9 Å². The molecule has 4 nitrogen and oxygen atoms in total. The number of anilines is 1. The van der Waals surface area contributed by atoms with Crippen molar-refractivity contribution in [3.8, 4) is 0 Å². The predicted molar refractivity (Wildman–Crippen MR) is 68.8 cm³/mol. The summed E-state index contributed by atoms with van der Waals surface area (Å²) in [6, 6.07) is 1.38. The highest BCUT2D eigenvalue weighted by Crippen LogP contribution is 2.25. The fourth-order valence-corrected chi connectivity index (χ4v) is 2.47. The summed E-state index contributed by atoms with van der Waals surface area (Å²) in [5.41, 5.74) is 0. The number of esters is 1. The Morgan fingerprint density at radius 1 is 1.67 bits per heavy atom. The molecule has 1 aromatic rings. The molecule has 1 saturated heterocycles. The summed E-state index contributed by atoms with van der Waals surface area (Å²) in [5, 5.41) is 0. The number of halogens is 2. The van der Waals surface area contributed by atoms with Crippen molar-refractivity contribution in [2.75, 3.05) is 25.1 Å². The Balaban J connectivity index is 2.15. The van der Waals surface area contributed by atoms with Crippen LogP contribution in [0.2, 0.25) is 0 Å². The van der Waals surface area contributed by atoms with Crippen LogP contribution in [0, 0.1) is 11.7 Å². The van der Waals surface area contributed by atoms with Crippen LogP contribution in [0.5, 0.6) is 0 Å². The Kier molecular flexibility index (Phi) is 4.16. The molecule has 0 amide bonds. The van der Waals surface area contributed by atoms with Gasteiger partial charge in [0.1, 0.15) is 0 Å². The van der Waals surface area contributed by atoms with Crippen LogP contribution in [0.3, 0.4) is 0 Å². The average Bonchev–Trinajstić information content (AvgIpc) is 2.38. The minimum absolute atomic E-state index is 0.200. The lowest BCUT2D eigenvalue weighted by molar-refractivity contribution is -0.145. The molecule has 98 valence electrons. The molecule has 1 atom stereocenters. The van der Waals surface area contributed by atoms with Crippen LogP contribution in [0.25, 0.3) is 0 Å². The molecular weight excluding hydrogens is 303 g/mol. The Labute approximate surface area is 113 Å². The Bertz CT molecular complexity index is 456. The van der Waals surface area contributed by atoms with Gasteiger partial charge in [-0.05, 0) is 34.8 Å². The Hall–Kier alpha value is -1.17.